The minimum absolute atomic E-state index is 0.0394. The summed E-state index contributed by atoms with van der Waals surface area (Å²) in [6, 6.07) is 10.9. The first-order valence-corrected chi connectivity index (χ1v) is 10.3. The Labute approximate surface area is 192 Å². The number of Topliss-reactive ketones (excluding diaryl/α,β-unsaturated/α-hetero) is 1. The number of benzene rings is 2. The molecular formula is C25H27NO7. The van der Waals surface area contributed by atoms with Gasteiger partial charge in [-0.05, 0) is 30.3 Å². The third-order valence-corrected chi connectivity index (χ3v) is 5.30. The summed E-state index contributed by atoms with van der Waals surface area (Å²) in [4.78, 5) is 27.4. The molecule has 1 atom stereocenters. The molecule has 0 spiro atoms. The Morgan fingerprint density at radius 2 is 1.82 bits per heavy atom. The van der Waals surface area contributed by atoms with Gasteiger partial charge in [-0.3, -0.25) is 9.59 Å². The Morgan fingerprint density at radius 3 is 2.42 bits per heavy atom. The fraction of sp³-hybridized carbons (Fsp3) is 0.280. The molecule has 1 aliphatic heterocycles. The summed E-state index contributed by atoms with van der Waals surface area (Å²) in [5.41, 5.74) is 0.847. The molecule has 3 rings (SSSR count). The third-order valence-electron chi connectivity index (χ3n) is 5.30. The van der Waals surface area contributed by atoms with Crippen molar-refractivity contribution in [2.45, 2.75) is 6.04 Å². The standard InChI is InChI=1S/C25H27NO7/c1-5-14-33-17-11-9-16(10-12-17)22(27)20-21(26(13-15-30-2)25(29)23(20)28)18-7-6-8-19(31-3)24(18)32-4/h5-12,21,27H,1,13-15H2,2-4H3/b22-20+. The highest BCUT2D eigenvalue weighted by molar-refractivity contribution is 6.46. The summed E-state index contributed by atoms with van der Waals surface area (Å²) in [6.45, 7) is 4.31. The molecule has 1 aliphatic rings. The van der Waals surface area contributed by atoms with Crippen molar-refractivity contribution >= 4 is 17.4 Å². The average molecular weight is 453 g/mol. The van der Waals surface area contributed by atoms with Crippen LogP contribution in [0.2, 0.25) is 0 Å². The molecule has 0 bridgehead atoms. The van der Waals surface area contributed by atoms with Crippen LogP contribution in [0.15, 0.2) is 60.7 Å². The minimum atomic E-state index is -0.887. The first-order valence-electron chi connectivity index (χ1n) is 10.3. The van der Waals surface area contributed by atoms with Crippen molar-refractivity contribution in [1.82, 2.24) is 4.90 Å². The second-order valence-electron chi connectivity index (χ2n) is 7.19. The van der Waals surface area contributed by atoms with Crippen LogP contribution in [0.4, 0.5) is 0 Å². The average Bonchev–Trinajstić information content (AvgIpc) is 3.10. The van der Waals surface area contributed by atoms with Crippen molar-refractivity contribution < 1.29 is 33.6 Å². The number of likely N-dealkylation sites (tertiary alicyclic amines) is 1. The second-order valence-corrected chi connectivity index (χ2v) is 7.19. The summed E-state index contributed by atoms with van der Waals surface area (Å²) < 4.78 is 21.6. The maximum atomic E-state index is 13.1. The first-order chi connectivity index (χ1) is 16.0. The zero-order chi connectivity index (χ0) is 24.0. The smallest absolute Gasteiger partial charge is 0.295 e. The number of carbonyl (C=O) groups is 2. The number of hydrogen-bond acceptors (Lipinski definition) is 7. The predicted octanol–water partition coefficient (Wildman–Crippen LogP) is 3.34. The fourth-order valence-electron chi connectivity index (χ4n) is 3.77. The second kappa shape index (κ2) is 10.7. The van der Waals surface area contributed by atoms with Gasteiger partial charge in [0.25, 0.3) is 11.7 Å². The van der Waals surface area contributed by atoms with Gasteiger partial charge in [0.15, 0.2) is 11.5 Å². The van der Waals surface area contributed by atoms with E-state index in [1.54, 1.807) is 48.5 Å². The quantitative estimate of drug-likeness (QED) is 0.255. The summed E-state index contributed by atoms with van der Waals surface area (Å²) in [6.07, 6.45) is 1.62. The lowest BCUT2D eigenvalue weighted by Gasteiger charge is -2.27. The van der Waals surface area contributed by atoms with E-state index in [4.69, 9.17) is 18.9 Å². The minimum Gasteiger partial charge on any atom is -0.507 e. The highest BCUT2D eigenvalue weighted by atomic mass is 16.5. The Morgan fingerprint density at radius 1 is 1.09 bits per heavy atom. The van der Waals surface area contributed by atoms with Gasteiger partial charge in [0, 0.05) is 24.8 Å². The third kappa shape index (κ3) is 4.70. The van der Waals surface area contributed by atoms with Crippen LogP contribution < -0.4 is 14.2 Å². The molecule has 0 radical (unpaired) electrons. The van der Waals surface area contributed by atoms with Crippen LogP contribution in [0.25, 0.3) is 5.76 Å². The van der Waals surface area contributed by atoms with Gasteiger partial charge in [0.1, 0.15) is 18.1 Å². The van der Waals surface area contributed by atoms with Gasteiger partial charge < -0.3 is 29.0 Å². The molecule has 2 aromatic carbocycles. The largest absolute Gasteiger partial charge is 0.507 e. The van der Waals surface area contributed by atoms with Crippen molar-refractivity contribution in [2.24, 2.45) is 0 Å². The lowest BCUT2D eigenvalue weighted by molar-refractivity contribution is -0.140. The maximum absolute atomic E-state index is 13.1. The molecule has 1 saturated heterocycles. The number of rotatable bonds is 10. The molecule has 1 N–H and O–H groups in total. The molecule has 0 aliphatic carbocycles. The molecule has 0 aromatic heterocycles. The number of methoxy groups -OCH3 is 3. The van der Waals surface area contributed by atoms with E-state index in [1.165, 1.54) is 26.2 Å². The summed E-state index contributed by atoms with van der Waals surface area (Å²) >= 11 is 0. The van der Waals surface area contributed by atoms with E-state index in [9.17, 15) is 14.7 Å². The van der Waals surface area contributed by atoms with Gasteiger partial charge in [-0.2, -0.15) is 0 Å². The van der Waals surface area contributed by atoms with Gasteiger partial charge in [-0.25, -0.2) is 0 Å². The molecule has 33 heavy (non-hydrogen) atoms. The molecule has 174 valence electrons. The van der Waals surface area contributed by atoms with Crippen LogP contribution in [0.3, 0.4) is 0 Å². The van der Waals surface area contributed by atoms with E-state index in [0.717, 1.165) is 0 Å². The Kier molecular flexibility index (Phi) is 7.74. The van der Waals surface area contributed by atoms with Crippen LogP contribution in [-0.2, 0) is 14.3 Å². The zero-order valence-corrected chi connectivity index (χ0v) is 18.9. The maximum Gasteiger partial charge on any atom is 0.295 e. The molecule has 1 heterocycles. The molecule has 1 unspecified atom stereocenters. The number of carbonyl (C=O) groups excluding carboxylic acids is 2. The van der Waals surface area contributed by atoms with Crippen molar-refractivity contribution in [1.29, 1.82) is 0 Å². The number of nitrogens with zero attached hydrogens (tertiary/aromatic N) is 1. The van der Waals surface area contributed by atoms with E-state index < -0.39 is 17.7 Å². The van der Waals surface area contributed by atoms with Crippen LogP contribution >= 0.6 is 0 Å². The fourth-order valence-corrected chi connectivity index (χ4v) is 3.77. The van der Waals surface area contributed by atoms with Crippen LogP contribution in [0.1, 0.15) is 17.2 Å². The van der Waals surface area contributed by atoms with E-state index in [2.05, 4.69) is 6.58 Å². The van der Waals surface area contributed by atoms with Gasteiger partial charge in [0.05, 0.1) is 32.4 Å². The lowest BCUT2D eigenvalue weighted by atomic mass is 9.94. The van der Waals surface area contributed by atoms with E-state index in [-0.39, 0.29) is 24.5 Å². The summed E-state index contributed by atoms with van der Waals surface area (Å²) in [5.74, 6) is -0.416. The number of ether oxygens (including phenoxy) is 4. The van der Waals surface area contributed by atoms with E-state index >= 15 is 0 Å². The van der Waals surface area contributed by atoms with E-state index in [0.29, 0.717) is 35.0 Å². The number of hydrogen-bond donors (Lipinski definition) is 1. The van der Waals surface area contributed by atoms with Crippen molar-refractivity contribution in [2.75, 3.05) is 41.1 Å². The van der Waals surface area contributed by atoms with Gasteiger partial charge in [0.2, 0.25) is 0 Å². The Bertz CT molecular complexity index is 1060. The highest BCUT2D eigenvalue weighted by Gasteiger charge is 2.47. The number of aliphatic hydroxyl groups is 1. The molecular weight excluding hydrogens is 426 g/mol. The Balaban J connectivity index is 2.16. The van der Waals surface area contributed by atoms with Crippen molar-refractivity contribution in [3.05, 3.63) is 71.8 Å². The molecule has 0 saturated carbocycles. The molecule has 8 heteroatoms. The molecule has 1 fully saturated rings. The summed E-state index contributed by atoms with van der Waals surface area (Å²) in [5, 5.41) is 11.2. The SMILES string of the molecule is C=CCOc1ccc(/C(O)=C2\C(=O)C(=O)N(CCOC)C2c2cccc(OC)c2OC)cc1. The molecule has 2 aromatic rings. The van der Waals surface area contributed by atoms with Gasteiger partial charge >= 0.3 is 0 Å². The van der Waals surface area contributed by atoms with Crippen LogP contribution in [-0.4, -0.2) is 62.8 Å². The van der Waals surface area contributed by atoms with Gasteiger partial charge in [-0.15, -0.1) is 0 Å². The van der Waals surface area contributed by atoms with E-state index in [1.807, 2.05) is 0 Å². The monoisotopic (exact) mass is 453 g/mol. The number of para-hydroxylation sites is 1. The molecule has 8 nitrogen and oxygen atoms in total. The lowest BCUT2D eigenvalue weighted by Crippen LogP contribution is -2.32. The predicted molar refractivity (Wildman–Crippen MR) is 123 cm³/mol. The normalized spacial score (nSPS) is 17.2. The van der Waals surface area contributed by atoms with Gasteiger partial charge in [-0.1, -0.05) is 24.8 Å². The highest BCUT2D eigenvalue weighted by Crippen LogP contribution is 2.45. The zero-order valence-electron chi connectivity index (χ0n) is 18.9. The van der Waals surface area contributed by atoms with Crippen LogP contribution in [0.5, 0.6) is 17.2 Å². The van der Waals surface area contributed by atoms with Crippen LogP contribution in [0, 0.1) is 0 Å². The topological polar surface area (TPSA) is 94.5 Å². The number of amides is 1. The number of ketones is 1. The molecule has 1 amide bonds. The van der Waals surface area contributed by atoms with Crippen molar-refractivity contribution in [3.63, 3.8) is 0 Å². The van der Waals surface area contributed by atoms with Crippen molar-refractivity contribution in [3.8, 4) is 17.2 Å². The number of aliphatic hydroxyl groups excluding tert-OH is 1. The summed E-state index contributed by atoms with van der Waals surface area (Å²) in [7, 11) is 4.48. The Hall–Kier alpha value is -3.78. The first kappa shape index (κ1) is 23.9.